The Hall–Kier alpha value is -2.09. The Kier molecular flexibility index (Phi) is 3.70. The van der Waals surface area contributed by atoms with E-state index in [1.165, 1.54) is 0 Å². The van der Waals surface area contributed by atoms with Crippen molar-refractivity contribution in [1.82, 2.24) is 4.98 Å². The van der Waals surface area contributed by atoms with Gasteiger partial charge in [-0.05, 0) is 39.2 Å². The van der Waals surface area contributed by atoms with Gasteiger partial charge in [-0.3, -0.25) is 9.78 Å². The normalized spacial score (nSPS) is 19.0. The van der Waals surface area contributed by atoms with Crippen molar-refractivity contribution in [1.29, 1.82) is 5.26 Å². The maximum Gasteiger partial charge on any atom is 0.240 e. The zero-order valence-electron chi connectivity index (χ0n) is 11.3. The van der Waals surface area contributed by atoms with Crippen LogP contribution in [0.2, 0.25) is 0 Å². The van der Waals surface area contributed by atoms with Crippen LogP contribution < -0.4 is 10.6 Å². The van der Waals surface area contributed by atoms with Crippen molar-refractivity contribution in [2.45, 2.75) is 39.2 Å². The molecule has 0 spiro atoms. The van der Waals surface area contributed by atoms with Crippen LogP contribution in [0.25, 0.3) is 0 Å². The first-order valence-corrected chi connectivity index (χ1v) is 6.49. The van der Waals surface area contributed by atoms with Gasteiger partial charge in [0.05, 0.1) is 16.9 Å². The third kappa shape index (κ3) is 2.53. The predicted octanol–water partition coefficient (Wildman–Crippen LogP) is 1.41. The molecule has 1 amide bonds. The van der Waals surface area contributed by atoms with E-state index in [9.17, 15) is 10.1 Å². The van der Waals surface area contributed by atoms with E-state index in [4.69, 9.17) is 5.73 Å². The van der Waals surface area contributed by atoms with Crippen molar-refractivity contribution in [3.05, 3.63) is 23.0 Å². The average Bonchev–Trinajstić information content (AvgIpc) is 2.37. The van der Waals surface area contributed by atoms with Crippen LogP contribution in [0.1, 0.15) is 36.2 Å². The number of piperidine rings is 1. The molecular formula is C14H18N4O. The van der Waals surface area contributed by atoms with Crippen molar-refractivity contribution in [3.8, 4) is 6.07 Å². The highest BCUT2D eigenvalue weighted by Gasteiger charge is 2.29. The largest absolute Gasteiger partial charge is 0.368 e. The molecular weight excluding hydrogens is 240 g/mol. The van der Waals surface area contributed by atoms with E-state index < -0.39 is 0 Å². The van der Waals surface area contributed by atoms with E-state index in [2.05, 4.69) is 11.1 Å². The number of hydrogen-bond donors (Lipinski definition) is 1. The number of carbonyl (C=O) groups is 1. The predicted molar refractivity (Wildman–Crippen MR) is 72.6 cm³/mol. The summed E-state index contributed by atoms with van der Waals surface area (Å²) in [6.07, 6.45) is 2.75. The lowest BCUT2D eigenvalue weighted by molar-refractivity contribution is -0.119. The smallest absolute Gasteiger partial charge is 0.240 e. The Labute approximate surface area is 113 Å². The number of aromatic nitrogens is 1. The first-order valence-electron chi connectivity index (χ1n) is 6.49. The molecule has 1 atom stereocenters. The van der Waals surface area contributed by atoms with E-state index in [1.807, 2.05) is 24.8 Å². The van der Waals surface area contributed by atoms with Crippen LogP contribution in [0.3, 0.4) is 0 Å². The summed E-state index contributed by atoms with van der Waals surface area (Å²) in [7, 11) is 0. The second-order valence-corrected chi connectivity index (χ2v) is 4.96. The second kappa shape index (κ2) is 5.27. The molecule has 1 aliphatic heterocycles. The summed E-state index contributed by atoms with van der Waals surface area (Å²) in [6, 6.07) is 3.74. The lowest BCUT2D eigenvalue weighted by Gasteiger charge is -2.36. The molecule has 1 fully saturated rings. The highest BCUT2D eigenvalue weighted by Crippen LogP contribution is 2.29. The van der Waals surface area contributed by atoms with Gasteiger partial charge < -0.3 is 10.6 Å². The SMILES string of the molecule is Cc1cc(N2CCCCC2C(N)=O)c(C#N)c(C)n1. The average molecular weight is 258 g/mol. The number of nitrogens with two attached hydrogens (primary N) is 1. The highest BCUT2D eigenvalue weighted by atomic mass is 16.1. The Morgan fingerprint density at radius 3 is 2.89 bits per heavy atom. The van der Waals surface area contributed by atoms with E-state index in [1.54, 1.807) is 0 Å². The fraction of sp³-hybridized carbons (Fsp3) is 0.500. The van der Waals surface area contributed by atoms with Crippen LogP contribution >= 0.6 is 0 Å². The third-order valence-electron chi connectivity index (χ3n) is 3.56. The van der Waals surface area contributed by atoms with Crippen molar-refractivity contribution in [2.75, 3.05) is 11.4 Å². The molecule has 0 bridgehead atoms. The van der Waals surface area contributed by atoms with Crippen LogP contribution in [0, 0.1) is 25.2 Å². The Balaban J connectivity index is 2.50. The molecule has 1 unspecified atom stereocenters. The number of nitrogens with zero attached hydrogens (tertiary/aromatic N) is 3. The van der Waals surface area contributed by atoms with E-state index in [0.717, 1.165) is 37.2 Å². The summed E-state index contributed by atoms with van der Waals surface area (Å²) in [4.78, 5) is 17.9. The van der Waals surface area contributed by atoms with Gasteiger partial charge in [-0.25, -0.2) is 0 Å². The lowest BCUT2D eigenvalue weighted by Crippen LogP contribution is -2.48. The molecule has 5 nitrogen and oxygen atoms in total. The van der Waals surface area contributed by atoms with Crippen molar-refractivity contribution in [3.63, 3.8) is 0 Å². The molecule has 0 aliphatic carbocycles. The first kappa shape index (κ1) is 13.3. The number of carbonyl (C=O) groups excluding carboxylic acids is 1. The summed E-state index contributed by atoms with van der Waals surface area (Å²) in [5.41, 5.74) is 8.36. The lowest BCUT2D eigenvalue weighted by atomic mass is 9.99. The molecule has 5 heteroatoms. The van der Waals surface area contributed by atoms with E-state index in [0.29, 0.717) is 11.3 Å². The third-order valence-corrected chi connectivity index (χ3v) is 3.56. The van der Waals surface area contributed by atoms with Crippen molar-refractivity contribution in [2.24, 2.45) is 5.73 Å². The van der Waals surface area contributed by atoms with Gasteiger partial charge in [-0.2, -0.15) is 5.26 Å². The van der Waals surface area contributed by atoms with Gasteiger partial charge in [-0.1, -0.05) is 0 Å². The number of primary amides is 1. The van der Waals surface area contributed by atoms with Gasteiger partial charge in [0.25, 0.3) is 0 Å². The summed E-state index contributed by atoms with van der Waals surface area (Å²) in [5.74, 6) is -0.323. The summed E-state index contributed by atoms with van der Waals surface area (Å²) < 4.78 is 0. The van der Waals surface area contributed by atoms with Crippen molar-refractivity contribution >= 4 is 11.6 Å². The number of aryl methyl sites for hydroxylation is 2. The zero-order valence-corrected chi connectivity index (χ0v) is 11.3. The topological polar surface area (TPSA) is 83.0 Å². The van der Waals surface area contributed by atoms with Gasteiger partial charge in [0.2, 0.25) is 5.91 Å². The minimum atomic E-state index is -0.323. The number of anilines is 1. The molecule has 0 aromatic carbocycles. The quantitative estimate of drug-likeness (QED) is 0.869. The molecule has 2 rings (SSSR count). The Morgan fingerprint density at radius 2 is 2.26 bits per heavy atom. The molecule has 1 aliphatic rings. The molecule has 1 saturated heterocycles. The minimum absolute atomic E-state index is 0.318. The molecule has 0 radical (unpaired) electrons. The standard InChI is InChI=1S/C14H18N4O/c1-9-7-13(11(8-15)10(2)17-9)18-6-4-3-5-12(18)14(16)19/h7,12H,3-6H2,1-2H3,(H2,16,19). The summed E-state index contributed by atoms with van der Waals surface area (Å²) in [6.45, 7) is 4.46. The monoisotopic (exact) mass is 258 g/mol. The number of pyridine rings is 1. The van der Waals surface area contributed by atoms with Gasteiger partial charge in [0.1, 0.15) is 12.1 Å². The fourth-order valence-corrected chi connectivity index (χ4v) is 2.69. The molecule has 2 N–H and O–H groups in total. The zero-order chi connectivity index (χ0) is 14.0. The minimum Gasteiger partial charge on any atom is -0.368 e. The van der Waals surface area contributed by atoms with Crippen LogP contribution in [-0.4, -0.2) is 23.5 Å². The number of hydrogen-bond acceptors (Lipinski definition) is 4. The highest BCUT2D eigenvalue weighted by molar-refractivity contribution is 5.84. The summed E-state index contributed by atoms with van der Waals surface area (Å²) in [5, 5.41) is 9.31. The fourth-order valence-electron chi connectivity index (χ4n) is 2.69. The second-order valence-electron chi connectivity index (χ2n) is 4.96. The van der Waals surface area contributed by atoms with Crippen LogP contribution in [0.15, 0.2) is 6.07 Å². The Bertz CT molecular complexity index is 547. The van der Waals surface area contributed by atoms with Gasteiger partial charge in [-0.15, -0.1) is 0 Å². The molecule has 1 aromatic rings. The Morgan fingerprint density at radius 1 is 1.53 bits per heavy atom. The van der Waals surface area contributed by atoms with E-state index in [-0.39, 0.29) is 11.9 Å². The first-order chi connectivity index (χ1) is 9.04. The van der Waals surface area contributed by atoms with Crippen LogP contribution in [0.5, 0.6) is 0 Å². The number of nitriles is 1. The molecule has 2 heterocycles. The molecule has 100 valence electrons. The van der Waals surface area contributed by atoms with Gasteiger partial charge in [0, 0.05) is 12.2 Å². The maximum atomic E-state index is 11.6. The molecule has 19 heavy (non-hydrogen) atoms. The van der Waals surface area contributed by atoms with Crippen molar-refractivity contribution < 1.29 is 4.79 Å². The number of amides is 1. The number of rotatable bonds is 2. The molecule has 0 saturated carbocycles. The maximum absolute atomic E-state index is 11.6. The van der Waals surface area contributed by atoms with Gasteiger partial charge >= 0.3 is 0 Å². The van der Waals surface area contributed by atoms with Crippen LogP contribution in [-0.2, 0) is 4.79 Å². The van der Waals surface area contributed by atoms with E-state index >= 15 is 0 Å². The van der Waals surface area contributed by atoms with Crippen LogP contribution in [0.4, 0.5) is 5.69 Å². The van der Waals surface area contributed by atoms with Gasteiger partial charge in [0.15, 0.2) is 0 Å². The molecule has 1 aromatic heterocycles. The summed E-state index contributed by atoms with van der Waals surface area (Å²) >= 11 is 0.